The molecule has 1 aromatic heterocycles. The summed E-state index contributed by atoms with van der Waals surface area (Å²) >= 11 is 3.44. The second-order valence-electron chi connectivity index (χ2n) is 5.55. The van der Waals surface area contributed by atoms with Gasteiger partial charge in [0, 0.05) is 13.7 Å². The highest BCUT2D eigenvalue weighted by molar-refractivity contribution is 9.10. The van der Waals surface area contributed by atoms with Crippen molar-refractivity contribution >= 4 is 15.9 Å². The molecule has 0 saturated heterocycles. The van der Waals surface area contributed by atoms with Gasteiger partial charge in [-0.2, -0.15) is 0 Å². The van der Waals surface area contributed by atoms with Gasteiger partial charge in [0.15, 0.2) is 4.60 Å². The SMILES string of the molecule is CCOC1(C(N)c2c(Br)nnn2C)CCC(C)CC1. The number of aryl methyl sites for hydroxylation is 1. The molecular formula is C13H23BrN4O. The Bertz CT molecular complexity index is 407. The van der Waals surface area contributed by atoms with Crippen LogP contribution in [0.2, 0.25) is 0 Å². The van der Waals surface area contributed by atoms with Gasteiger partial charge in [-0.1, -0.05) is 12.1 Å². The third kappa shape index (κ3) is 2.85. The van der Waals surface area contributed by atoms with Crippen molar-refractivity contribution in [2.75, 3.05) is 6.61 Å². The molecule has 6 heteroatoms. The van der Waals surface area contributed by atoms with Crippen molar-refractivity contribution in [3.63, 3.8) is 0 Å². The average Bonchev–Trinajstić information content (AvgIpc) is 2.71. The Morgan fingerprint density at radius 2 is 2.16 bits per heavy atom. The fourth-order valence-electron chi connectivity index (χ4n) is 3.00. The molecule has 19 heavy (non-hydrogen) atoms. The van der Waals surface area contributed by atoms with Gasteiger partial charge in [-0.05, 0) is 54.5 Å². The second-order valence-corrected chi connectivity index (χ2v) is 6.30. The molecule has 1 aliphatic rings. The number of aromatic nitrogens is 3. The molecule has 1 atom stereocenters. The van der Waals surface area contributed by atoms with Gasteiger partial charge in [0.1, 0.15) is 0 Å². The number of hydrogen-bond acceptors (Lipinski definition) is 4. The van der Waals surface area contributed by atoms with Gasteiger partial charge in [-0.3, -0.25) is 0 Å². The van der Waals surface area contributed by atoms with Gasteiger partial charge in [0.25, 0.3) is 0 Å². The standard InChI is InChI=1S/C13H23BrN4O/c1-4-19-13(7-5-9(2)6-8-13)11(15)10-12(14)16-17-18(10)3/h9,11H,4-8,15H2,1-3H3. The highest BCUT2D eigenvalue weighted by Crippen LogP contribution is 2.43. The normalized spacial score (nSPS) is 29.4. The van der Waals surface area contributed by atoms with Crippen molar-refractivity contribution in [1.29, 1.82) is 0 Å². The van der Waals surface area contributed by atoms with Crippen LogP contribution >= 0.6 is 15.9 Å². The Kier molecular flexibility index (Phi) is 4.63. The molecule has 0 radical (unpaired) electrons. The summed E-state index contributed by atoms with van der Waals surface area (Å²) in [5, 5.41) is 8.05. The van der Waals surface area contributed by atoms with E-state index in [1.165, 1.54) is 0 Å². The third-order valence-electron chi connectivity index (χ3n) is 4.24. The highest BCUT2D eigenvalue weighted by Gasteiger charge is 2.43. The Hall–Kier alpha value is -0.460. The fraction of sp³-hybridized carbons (Fsp3) is 0.846. The van der Waals surface area contributed by atoms with E-state index in [9.17, 15) is 0 Å². The van der Waals surface area contributed by atoms with E-state index in [2.05, 4.69) is 33.2 Å². The Morgan fingerprint density at radius 3 is 2.63 bits per heavy atom. The van der Waals surface area contributed by atoms with E-state index in [0.29, 0.717) is 6.61 Å². The van der Waals surface area contributed by atoms with Crippen molar-refractivity contribution < 1.29 is 4.74 Å². The molecule has 2 N–H and O–H groups in total. The maximum atomic E-state index is 6.53. The molecule has 108 valence electrons. The zero-order valence-corrected chi connectivity index (χ0v) is 13.5. The molecule has 1 aliphatic carbocycles. The number of nitrogens with zero attached hydrogens (tertiary/aromatic N) is 3. The Labute approximate surface area is 123 Å². The maximum absolute atomic E-state index is 6.53. The van der Waals surface area contributed by atoms with Gasteiger partial charge in [-0.25, -0.2) is 4.68 Å². The van der Waals surface area contributed by atoms with E-state index in [1.54, 1.807) is 4.68 Å². The largest absolute Gasteiger partial charge is 0.373 e. The minimum atomic E-state index is -0.279. The first-order chi connectivity index (χ1) is 9.00. The summed E-state index contributed by atoms with van der Waals surface area (Å²) in [6.45, 7) is 5.01. The maximum Gasteiger partial charge on any atom is 0.153 e. The van der Waals surface area contributed by atoms with E-state index >= 15 is 0 Å². The summed E-state index contributed by atoms with van der Waals surface area (Å²) in [5.41, 5.74) is 7.17. The zero-order valence-electron chi connectivity index (χ0n) is 11.9. The zero-order chi connectivity index (χ0) is 14.0. The van der Waals surface area contributed by atoms with Crippen LogP contribution < -0.4 is 5.73 Å². The number of hydrogen-bond donors (Lipinski definition) is 1. The molecular weight excluding hydrogens is 308 g/mol. The predicted octanol–water partition coefficient (Wildman–Crippen LogP) is 2.56. The topological polar surface area (TPSA) is 66.0 Å². The van der Waals surface area contributed by atoms with Gasteiger partial charge in [0.05, 0.1) is 17.3 Å². The summed E-state index contributed by atoms with van der Waals surface area (Å²) < 4.78 is 8.57. The van der Waals surface area contributed by atoms with Crippen molar-refractivity contribution in [2.24, 2.45) is 18.7 Å². The molecule has 0 aromatic carbocycles. The van der Waals surface area contributed by atoms with E-state index in [4.69, 9.17) is 10.5 Å². The lowest BCUT2D eigenvalue weighted by molar-refractivity contribution is -0.0911. The number of rotatable bonds is 4. The quantitative estimate of drug-likeness (QED) is 0.921. The molecule has 2 rings (SSSR count). The lowest BCUT2D eigenvalue weighted by Crippen LogP contribution is -2.47. The molecule has 1 fully saturated rings. The molecule has 0 spiro atoms. The van der Waals surface area contributed by atoms with Crippen LogP contribution in [-0.4, -0.2) is 27.2 Å². The lowest BCUT2D eigenvalue weighted by Gasteiger charge is -2.43. The molecule has 0 amide bonds. The monoisotopic (exact) mass is 330 g/mol. The van der Waals surface area contributed by atoms with Crippen molar-refractivity contribution in [1.82, 2.24) is 15.0 Å². The van der Waals surface area contributed by atoms with E-state index < -0.39 is 0 Å². The summed E-state index contributed by atoms with van der Waals surface area (Å²) in [7, 11) is 1.87. The Morgan fingerprint density at radius 1 is 1.53 bits per heavy atom. The van der Waals surface area contributed by atoms with Crippen LogP contribution in [0.1, 0.15) is 51.3 Å². The van der Waals surface area contributed by atoms with E-state index in [0.717, 1.165) is 41.9 Å². The van der Waals surface area contributed by atoms with Crippen LogP contribution in [0.25, 0.3) is 0 Å². The Balaban J connectivity index is 2.29. The van der Waals surface area contributed by atoms with Gasteiger partial charge in [-0.15, -0.1) is 5.10 Å². The summed E-state index contributed by atoms with van der Waals surface area (Å²) in [6.07, 6.45) is 4.33. The minimum absolute atomic E-state index is 0.200. The van der Waals surface area contributed by atoms with Crippen molar-refractivity contribution in [3.05, 3.63) is 10.3 Å². The van der Waals surface area contributed by atoms with Gasteiger partial charge >= 0.3 is 0 Å². The van der Waals surface area contributed by atoms with Crippen LogP contribution in [0.15, 0.2) is 4.60 Å². The molecule has 5 nitrogen and oxygen atoms in total. The van der Waals surface area contributed by atoms with Crippen molar-refractivity contribution in [2.45, 2.75) is 51.2 Å². The van der Waals surface area contributed by atoms with Crippen LogP contribution in [0.3, 0.4) is 0 Å². The molecule has 0 bridgehead atoms. The van der Waals surface area contributed by atoms with Crippen LogP contribution in [0.4, 0.5) is 0 Å². The van der Waals surface area contributed by atoms with Gasteiger partial charge in [0.2, 0.25) is 0 Å². The van der Waals surface area contributed by atoms with E-state index in [1.807, 2.05) is 14.0 Å². The number of halogens is 1. The van der Waals surface area contributed by atoms with Gasteiger partial charge < -0.3 is 10.5 Å². The van der Waals surface area contributed by atoms with Crippen molar-refractivity contribution in [3.8, 4) is 0 Å². The van der Waals surface area contributed by atoms with E-state index in [-0.39, 0.29) is 11.6 Å². The van der Waals surface area contributed by atoms with Crippen LogP contribution in [0, 0.1) is 5.92 Å². The molecule has 1 aromatic rings. The molecule has 1 saturated carbocycles. The fourth-order valence-corrected chi connectivity index (χ4v) is 3.58. The minimum Gasteiger partial charge on any atom is -0.373 e. The van der Waals surface area contributed by atoms with Crippen LogP contribution in [0.5, 0.6) is 0 Å². The smallest absolute Gasteiger partial charge is 0.153 e. The number of nitrogens with two attached hydrogens (primary N) is 1. The van der Waals surface area contributed by atoms with Crippen LogP contribution in [-0.2, 0) is 11.8 Å². The first-order valence-electron chi connectivity index (χ1n) is 6.94. The summed E-state index contributed by atoms with van der Waals surface area (Å²) in [4.78, 5) is 0. The lowest BCUT2D eigenvalue weighted by atomic mass is 9.74. The molecule has 1 heterocycles. The highest BCUT2D eigenvalue weighted by atomic mass is 79.9. The first-order valence-corrected chi connectivity index (χ1v) is 7.74. The third-order valence-corrected chi connectivity index (χ3v) is 4.81. The average molecular weight is 331 g/mol. The first kappa shape index (κ1) is 14.9. The number of ether oxygens (including phenoxy) is 1. The summed E-state index contributed by atoms with van der Waals surface area (Å²) in [5.74, 6) is 0.758. The summed E-state index contributed by atoms with van der Waals surface area (Å²) in [6, 6.07) is -0.200. The molecule has 0 aliphatic heterocycles. The molecule has 1 unspecified atom stereocenters. The second kappa shape index (κ2) is 5.89. The predicted molar refractivity (Wildman–Crippen MR) is 77.6 cm³/mol.